The van der Waals surface area contributed by atoms with Crippen LogP contribution >= 0.6 is 0 Å². The molecule has 4 nitrogen and oxygen atoms in total. The molecule has 0 unspecified atom stereocenters. The summed E-state index contributed by atoms with van der Waals surface area (Å²) in [6, 6.07) is 9.13. The van der Waals surface area contributed by atoms with Gasteiger partial charge >= 0.3 is 5.56 Å². The fraction of sp³-hybridized carbons (Fsp3) is 0.182. The van der Waals surface area contributed by atoms with E-state index in [0.29, 0.717) is 13.0 Å². The van der Waals surface area contributed by atoms with Gasteiger partial charge in [-0.15, -0.1) is 0 Å². The highest BCUT2D eigenvalue weighted by atomic mass is 16.1. The number of aromatic nitrogens is 2. The molecule has 0 fully saturated rings. The first-order chi connectivity index (χ1) is 7.33. The van der Waals surface area contributed by atoms with Gasteiger partial charge in [-0.25, -0.2) is 9.36 Å². The third-order valence-electron chi connectivity index (χ3n) is 2.23. The first-order valence-corrected chi connectivity index (χ1v) is 4.70. The normalized spacial score (nSPS) is 10.1. The lowest BCUT2D eigenvalue weighted by Gasteiger charge is -1.99. The summed E-state index contributed by atoms with van der Waals surface area (Å²) < 4.78 is 3.46. The van der Waals surface area contributed by atoms with Crippen molar-refractivity contribution in [2.75, 3.05) is 0 Å². The Hall–Kier alpha value is -2.15. The first kappa shape index (κ1) is 9.41. The minimum absolute atomic E-state index is 0.0567. The molecule has 15 heavy (non-hydrogen) atoms. The van der Waals surface area contributed by atoms with Crippen molar-refractivity contribution < 1.29 is 4.57 Å². The molecule has 0 atom stereocenters. The number of hydrogen-bond donors (Lipinski definition) is 0. The molecule has 4 heteroatoms. The van der Waals surface area contributed by atoms with Crippen molar-refractivity contribution in [2.24, 2.45) is 0 Å². The van der Waals surface area contributed by atoms with E-state index in [4.69, 9.17) is 5.26 Å². The SMILES string of the molecule is N#CCC[n+]1ccc(=O)n2ccccc21. The van der Waals surface area contributed by atoms with Crippen LogP contribution in [-0.2, 0) is 6.54 Å². The zero-order valence-corrected chi connectivity index (χ0v) is 8.13. The molecule has 2 aromatic rings. The van der Waals surface area contributed by atoms with Gasteiger partial charge in [-0.3, -0.25) is 0 Å². The summed E-state index contributed by atoms with van der Waals surface area (Å²) >= 11 is 0. The molecule has 74 valence electrons. The quantitative estimate of drug-likeness (QED) is 0.663. The average molecular weight is 200 g/mol. The lowest BCUT2D eigenvalue weighted by atomic mass is 10.4. The van der Waals surface area contributed by atoms with Crippen LogP contribution in [0.15, 0.2) is 41.5 Å². The van der Waals surface area contributed by atoms with E-state index in [2.05, 4.69) is 6.07 Å². The zero-order chi connectivity index (χ0) is 10.7. The largest absolute Gasteiger partial charge is 0.342 e. The predicted octanol–water partition coefficient (Wildman–Crippen LogP) is 0.501. The lowest BCUT2D eigenvalue weighted by molar-refractivity contribution is -0.673. The molecule has 0 aromatic carbocycles. The van der Waals surface area contributed by atoms with Crippen LogP contribution in [0, 0.1) is 11.3 Å². The molecule has 2 rings (SSSR count). The van der Waals surface area contributed by atoms with Crippen molar-refractivity contribution in [1.82, 2.24) is 4.40 Å². The van der Waals surface area contributed by atoms with Crippen molar-refractivity contribution in [3.63, 3.8) is 0 Å². The van der Waals surface area contributed by atoms with E-state index >= 15 is 0 Å². The van der Waals surface area contributed by atoms with Crippen LogP contribution in [0.1, 0.15) is 6.42 Å². The van der Waals surface area contributed by atoms with E-state index in [0.717, 1.165) is 5.65 Å². The van der Waals surface area contributed by atoms with Crippen LogP contribution < -0.4 is 10.1 Å². The number of nitrogens with zero attached hydrogens (tertiary/aromatic N) is 3. The van der Waals surface area contributed by atoms with Crippen LogP contribution in [0.4, 0.5) is 0 Å². The maximum absolute atomic E-state index is 11.5. The number of hydrogen-bond acceptors (Lipinski definition) is 2. The number of fused-ring (bicyclic) bond motifs is 1. The van der Waals surface area contributed by atoms with Crippen molar-refractivity contribution in [3.8, 4) is 6.07 Å². The van der Waals surface area contributed by atoms with Gasteiger partial charge in [0.05, 0.1) is 31.0 Å². The molecule has 0 saturated carbocycles. The first-order valence-electron chi connectivity index (χ1n) is 4.70. The summed E-state index contributed by atoms with van der Waals surface area (Å²) in [5.74, 6) is 0. The number of rotatable bonds is 2. The summed E-state index contributed by atoms with van der Waals surface area (Å²) in [6.07, 6.45) is 3.88. The van der Waals surface area contributed by atoms with Crippen LogP contribution in [-0.4, -0.2) is 4.40 Å². The highest BCUT2D eigenvalue weighted by molar-refractivity contribution is 5.30. The second kappa shape index (κ2) is 3.93. The fourth-order valence-corrected chi connectivity index (χ4v) is 1.52. The Bertz CT molecular complexity index is 580. The highest BCUT2D eigenvalue weighted by Gasteiger charge is 2.07. The van der Waals surface area contributed by atoms with Gasteiger partial charge in [0.25, 0.3) is 5.65 Å². The molecule has 0 spiro atoms. The summed E-state index contributed by atoms with van der Waals surface area (Å²) in [4.78, 5) is 11.5. The second-order valence-electron chi connectivity index (χ2n) is 3.18. The zero-order valence-electron chi connectivity index (χ0n) is 8.13. The summed E-state index contributed by atoms with van der Waals surface area (Å²) in [7, 11) is 0. The van der Waals surface area contributed by atoms with Gasteiger partial charge in [-0.05, 0) is 6.07 Å². The molecule has 2 aromatic heterocycles. The molecule has 0 saturated heterocycles. The smallest absolute Gasteiger partial charge is 0.241 e. The van der Waals surface area contributed by atoms with Crippen molar-refractivity contribution in [3.05, 3.63) is 47.0 Å². The number of pyridine rings is 1. The Labute approximate surface area is 86.6 Å². The van der Waals surface area contributed by atoms with Gasteiger partial charge in [-0.2, -0.15) is 9.66 Å². The van der Waals surface area contributed by atoms with Gasteiger partial charge in [0, 0.05) is 6.07 Å². The Balaban J connectivity index is 2.62. The van der Waals surface area contributed by atoms with E-state index in [1.807, 2.05) is 22.8 Å². The van der Waals surface area contributed by atoms with Crippen LogP contribution in [0.25, 0.3) is 5.65 Å². The maximum Gasteiger partial charge on any atom is 0.342 e. The van der Waals surface area contributed by atoms with Gasteiger partial charge in [0.15, 0.2) is 0 Å². The van der Waals surface area contributed by atoms with E-state index in [-0.39, 0.29) is 5.56 Å². The highest BCUT2D eigenvalue weighted by Crippen LogP contribution is 1.93. The molecule has 0 aliphatic carbocycles. The predicted molar refractivity (Wildman–Crippen MR) is 54.1 cm³/mol. The number of aryl methyl sites for hydroxylation is 1. The van der Waals surface area contributed by atoms with Gasteiger partial charge in [0.2, 0.25) is 0 Å². The molecule has 0 aliphatic rings. The van der Waals surface area contributed by atoms with Gasteiger partial charge < -0.3 is 0 Å². The van der Waals surface area contributed by atoms with Crippen LogP contribution in [0.2, 0.25) is 0 Å². The van der Waals surface area contributed by atoms with Crippen molar-refractivity contribution in [1.29, 1.82) is 5.26 Å². The Morgan fingerprint density at radius 2 is 2.27 bits per heavy atom. The minimum Gasteiger partial charge on any atom is -0.241 e. The summed E-state index contributed by atoms with van der Waals surface area (Å²) in [6.45, 7) is 0.601. The number of nitriles is 1. The monoisotopic (exact) mass is 200 g/mol. The van der Waals surface area contributed by atoms with Crippen molar-refractivity contribution >= 4 is 5.65 Å². The molecule has 0 amide bonds. The Morgan fingerprint density at radius 3 is 3.07 bits per heavy atom. The third kappa shape index (κ3) is 1.72. The Kier molecular flexibility index (Phi) is 2.46. The molecule has 2 heterocycles. The third-order valence-corrected chi connectivity index (χ3v) is 2.23. The van der Waals surface area contributed by atoms with Crippen molar-refractivity contribution in [2.45, 2.75) is 13.0 Å². The van der Waals surface area contributed by atoms with Gasteiger partial charge in [0.1, 0.15) is 6.54 Å². The van der Waals surface area contributed by atoms with Crippen LogP contribution in [0.5, 0.6) is 0 Å². The average Bonchev–Trinajstić information content (AvgIpc) is 2.29. The molecule has 0 radical (unpaired) electrons. The van der Waals surface area contributed by atoms with E-state index in [1.165, 1.54) is 6.07 Å². The summed E-state index contributed by atoms with van der Waals surface area (Å²) in [5, 5.41) is 8.52. The molecular formula is C11H10N3O+. The minimum atomic E-state index is -0.0567. The maximum atomic E-state index is 11.5. The molecule has 0 aliphatic heterocycles. The topological polar surface area (TPSA) is 49.1 Å². The van der Waals surface area contributed by atoms with Gasteiger partial charge in [-0.1, -0.05) is 6.07 Å². The molecular weight excluding hydrogens is 190 g/mol. The molecule has 0 bridgehead atoms. The summed E-state index contributed by atoms with van der Waals surface area (Å²) in [5.41, 5.74) is 0.749. The van der Waals surface area contributed by atoms with Crippen LogP contribution in [0.3, 0.4) is 0 Å². The lowest BCUT2D eigenvalue weighted by Crippen LogP contribution is -2.38. The standard InChI is InChI=1S/C11H10N3O/c12-6-3-7-13-9-5-11(15)14-8-2-1-4-10(13)14/h1-2,4-5,8-9H,3,7H2/q+1. The fourth-order valence-electron chi connectivity index (χ4n) is 1.52. The Morgan fingerprint density at radius 1 is 1.40 bits per heavy atom. The molecule has 0 N–H and O–H groups in total. The van der Waals surface area contributed by atoms with E-state index in [9.17, 15) is 4.79 Å². The van der Waals surface area contributed by atoms with E-state index < -0.39 is 0 Å². The second-order valence-corrected chi connectivity index (χ2v) is 3.18. The van der Waals surface area contributed by atoms with E-state index in [1.54, 1.807) is 16.8 Å².